The van der Waals surface area contributed by atoms with Crippen LogP contribution in [0, 0.1) is 5.82 Å². The van der Waals surface area contributed by atoms with Gasteiger partial charge in [0.05, 0.1) is 11.4 Å². The first-order valence-corrected chi connectivity index (χ1v) is 8.71. The Morgan fingerprint density at radius 1 is 1.25 bits per heavy atom. The van der Waals surface area contributed by atoms with Crippen molar-refractivity contribution >= 4 is 12.6 Å². The molecule has 0 spiro atoms. The van der Waals surface area contributed by atoms with Gasteiger partial charge in [-0.1, -0.05) is 30.3 Å². The lowest BCUT2D eigenvalue weighted by molar-refractivity contribution is 0.0906. The molecule has 1 unspecified atom stereocenters. The highest BCUT2D eigenvalue weighted by molar-refractivity contribution is 7.81. The highest BCUT2D eigenvalue weighted by Crippen LogP contribution is 2.31. The van der Waals surface area contributed by atoms with Crippen molar-refractivity contribution in [3.8, 4) is 5.75 Å². The Morgan fingerprint density at radius 2 is 2.04 bits per heavy atom. The van der Waals surface area contributed by atoms with Crippen molar-refractivity contribution in [1.82, 2.24) is 5.32 Å². The van der Waals surface area contributed by atoms with Crippen LogP contribution in [0.25, 0.3) is 0 Å². The number of halogens is 1. The largest absolute Gasteiger partial charge is 0.489 e. The van der Waals surface area contributed by atoms with Crippen LogP contribution < -0.4 is 10.1 Å². The third-order valence-corrected chi connectivity index (χ3v) is 4.98. The monoisotopic (exact) mass is 347 g/mol. The summed E-state index contributed by atoms with van der Waals surface area (Å²) < 4.78 is 19.1. The number of fused-ring (bicyclic) bond motifs is 1. The fourth-order valence-electron chi connectivity index (χ4n) is 2.95. The molecule has 0 saturated carbocycles. The summed E-state index contributed by atoms with van der Waals surface area (Å²) in [4.78, 5) is 0. The fraction of sp³-hybridized carbons (Fsp3) is 0.368. The van der Waals surface area contributed by atoms with Crippen LogP contribution in [0.3, 0.4) is 0 Å². The number of aryl methyl sites for hydroxylation is 1. The molecule has 1 aliphatic rings. The number of hydrogen-bond acceptors (Lipinski definition) is 4. The minimum atomic E-state index is -0.621. The number of thiol groups is 1. The summed E-state index contributed by atoms with van der Waals surface area (Å²) in [6.45, 7) is 1.14. The van der Waals surface area contributed by atoms with E-state index in [0.717, 1.165) is 18.4 Å². The number of benzene rings is 2. The second-order valence-electron chi connectivity index (χ2n) is 6.12. The molecule has 3 nitrogen and oxygen atoms in total. The zero-order valence-corrected chi connectivity index (χ0v) is 14.3. The van der Waals surface area contributed by atoms with Gasteiger partial charge in [-0.05, 0) is 42.2 Å². The molecule has 3 rings (SSSR count). The van der Waals surface area contributed by atoms with Gasteiger partial charge < -0.3 is 15.2 Å². The van der Waals surface area contributed by atoms with Gasteiger partial charge in [0, 0.05) is 13.1 Å². The number of rotatable bonds is 6. The van der Waals surface area contributed by atoms with Crippen molar-refractivity contribution in [3.63, 3.8) is 0 Å². The van der Waals surface area contributed by atoms with E-state index in [-0.39, 0.29) is 17.2 Å². The second-order valence-corrected chi connectivity index (χ2v) is 6.72. The third-order valence-electron chi connectivity index (χ3n) is 4.30. The summed E-state index contributed by atoms with van der Waals surface area (Å²) in [5.41, 5.74) is 2.05. The van der Waals surface area contributed by atoms with E-state index in [1.165, 1.54) is 17.7 Å². The number of nitrogens with one attached hydrogen (secondary N) is 1. The highest BCUT2D eigenvalue weighted by Gasteiger charge is 2.30. The van der Waals surface area contributed by atoms with Gasteiger partial charge in [0.2, 0.25) is 0 Å². The van der Waals surface area contributed by atoms with Crippen molar-refractivity contribution in [1.29, 1.82) is 0 Å². The average Bonchev–Trinajstić information content (AvgIpc) is 2.61. The van der Waals surface area contributed by atoms with Crippen molar-refractivity contribution < 1.29 is 14.2 Å². The molecule has 2 aromatic rings. The van der Waals surface area contributed by atoms with Crippen LogP contribution in [0.4, 0.5) is 4.39 Å². The standard InChI is InChI=1S/C19H22FNO2S/c20-15-7-9-17-14(10-15)6-8-18(23-17)19(24)16(22)12-21-11-13-4-2-1-3-5-13/h1-5,7,9-10,16,18-19,21-22,24H,6,8,11-12H2/t16-,18-,19?/m0/s1. The van der Waals surface area contributed by atoms with E-state index in [1.807, 2.05) is 30.3 Å². The van der Waals surface area contributed by atoms with Crippen molar-refractivity contribution in [3.05, 3.63) is 65.5 Å². The topological polar surface area (TPSA) is 41.5 Å². The SMILES string of the molecule is O[C@@H](CNCc1ccccc1)C(S)[C@@H]1CCc2cc(F)ccc2O1. The molecular formula is C19H22FNO2S. The summed E-state index contributed by atoms with van der Waals surface area (Å²) in [6.07, 6.45) is 0.656. The molecule has 3 atom stereocenters. The smallest absolute Gasteiger partial charge is 0.123 e. The van der Waals surface area contributed by atoms with Gasteiger partial charge in [-0.2, -0.15) is 12.6 Å². The Hall–Kier alpha value is -1.56. The van der Waals surface area contributed by atoms with E-state index in [0.29, 0.717) is 18.8 Å². The first kappa shape index (κ1) is 17.3. The molecule has 128 valence electrons. The fourth-order valence-corrected chi connectivity index (χ4v) is 3.26. The first-order chi connectivity index (χ1) is 11.6. The van der Waals surface area contributed by atoms with Gasteiger partial charge in [-0.3, -0.25) is 0 Å². The number of hydrogen-bond donors (Lipinski definition) is 3. The molecule has 5 heteroatoms. The number of aliphatic hydroxyl groups is 1. The van der Waals surface area contributed by atoms with Crippen LogP contribution in [-0.4, -0.2) is 29.1 Å². The molecule has 24 heavy (non-hydrogen) atoms. The highest BCUT2D eigenvalue weighted by atomic mass is 32.1. The molecule has 0 saturated heterocycles. The maximum atomic E-state index is 13.2. The van der Waals surface area contributed by atoms with Gasteiger partial charge in [-0.15, -0.1) is 0 Å². The summed E-state index contributed by atoms with van der Waals surface area (Å²) in [7, 11) is 0. The van der Waals surface area contributed by atoms with Crippen molar-refractivity contribution in [2.24, 2.45) is 0 Å². The molecule has 0 radical (unpaired) electrons. The van der Waals surface area contributed by atoms with Gasteiger partial charge in [0.15, 0.2) is 0 Å². The van der Waals surface area contributed by atoms with Crippen LogP contribution in [0.2, 0.25) is 0 Å². The number of aliphatic hydroxyl groups excluding tert-OH is 1. The number of ether oxygens (including phenoxy) is 1. The van der Waals surface area contributed by atoms with Crippen LogP contribution >= 0.6 is 12.6 Å². The molecule has 0 amide bonds. The summed E-state index contributed by atoms with van der Waals surface area (Å²) in [5.74, 6) is 0.444. The predicted octanol–water partition coefficient (Wildman–Crippen LogP) is 2.97. The molecule has 2 aromatic carbocycles. The van der Waals surface area contributed by atoms with Crippen molar-refractivity contribution in [2.45, 2.75) is 36.8 Å². The Labute approximate surface area is 147 Å². The lowest BCUT2D eigenvalue weighted by Gasteiger charge is -2.32. The van der Waals surface area contributed by atoms with Crippen LogP contribution in [0.5, 0.6) is 5.75 Å². The van der Waals surface area contributed by atoms with E-state index in [2.05, 4.69) is 17.9 Å². The summed E-state index contributed by atoms with van der Waals surface area (Å²) in [6, 6.07) is 14.6. The average molecular weight is 347 g/mol. The maximum Gasteiger partial charge on any atom is 0.123 e. The maximum absolute atomic E-state index is 13.2. The zero-order valence-electron chi connectivity index (χ0n) is 13.4. The lowest BCUT2D eigenvalue weighted by atomic mass is 9.98. The minimum Gasteiger partial charge on any atom is -0.489 e. The minimum absolute atomic E-state index is 0.181. The van der Waals surface area contributed by atoms with Crippen molar-refractivity contribution in [2.75, 3.05) is 6.54 Å². The van der Waals surface area contributed by atoms with Gasteiger partial charge in [0.25, 0.3) is 0 Å². The van der Waals surface area contributed by atoms with E-state index < -0.39 is 6.10 Å². The molecule has 0 aliphatic carbocycles. The molecule has 0 fully saturated rings. The zero-order chi connectivity index (χ0) is 16.9. The lowest BCUT2D eigenvalue weighted by Crippen LogP contribution is -2.43. The van der Waals surface area contributed by atoms with Crippen LogP contribution in [0.1, 0.15) is 17.5 Å². The van der Waals surface area contributed by atoms with E-state index in [1.54, 1.807) is 6.07 Å². The van der Waals surface area contributed by atoms with Gasteiger partial charge in [0.1, 0.15) is 17.7 Å². The van der Waals surface area contributed by atoms with Gasteiger partial charge in [-0.25, -0.2) is 4.39 Å². The normalized spacial score (nSPS) is 19.2. The Kier molecular flexibility index (Phi) is 5.76. The first-order valence-electron chi connectivity index (χ1n) is 8.19. The van der Waals surface area contributed by atoms with Gasteiger partial charge >= 0.3 is 0 Å². The third kappa shape index (κ3) is 4.29. The molecule has 0 aromatic heterocycles. The molecule has 1 aliphatic heterocycles. The quantitative estimate of drug-likeness (QED) is 0.704. The molecule has 1 heterocycles. The molecule has 0 bridgehead atoms. The second kappa shape index (κ2) is 8.01. The van der Waals surface area contributed by atoms with E-state index in [4.69, 9.17) is 4.74 Å². The Balaban J connectivity index is 1.50. The summed E-state index contributed by atoms with van der Waals surface area (Å²) in [5, 5.41) is 13.3. The Bertz CT molecular complexity index is 668. The van der Waals surface area contributed by atoms with Crippen LogP contribution in [-0.2, 0) is 13.0 Å². The molecule has 2 N–H and O–H groups in total. The predicted molar refractivity (Wildman–Crippen MR) is 96.1 cm³/mol. The molecular weight excluding hydrogens is 325 g/mol. The summed E-state index contributed by atoms with van der Waals surface area (Å²) >= 11 is 4.55. The van der Waals surface area contributed by atoms with E-state index >= 15 is 0 Å². The van der Waals surface area contributed by atoms with Crippen LogP contribution in [0.15, 0.2) is 48.5 Å². The Morgan fingerprint density at radius 3 is 2.83 bits per heavy atom. The van der Waals surface area contributed by atoms with E-state index in [9.17, 15) is 9.50 Å².